The minimum Gasteiger partial charge on any atom is -0.383 e. The molecule has 4 N–H and O–H groups in total. The van der Waals surface area contributed by atoms with E-state index in [2.05, 4.69) is 19.9 Å². The van der Waals surface area contributed by atoms with E-state index in [0.717, 1.165) is 5.56 Å². The van der Waals surface area contributed by atoms with Crippen molar-refractivity contribution in [2.75, 3.05) is 5.73 Å². The fourth-order valence-corrected chi connectivity index (χ4v) is 1.12. The van der Waals surface area contributed by atoms with Crippen molar-refractivity contribution >= 4 is 5.82 Å². The maximum absolute atomic E-state index is 5.69. The van der Waals surface area contributed by atoms with Crippen LogP contribution in [0.5, 0.6) is 0 Å². The predicted molar refractivity (Wildman–Crippen MR) is 55.4 cm³/mol. The lowest BCUT2D eigenvalue weighted by Gasteiger charge is -2.03. The van der Waals surface area contributed by atoms with Gasteiger partial charge in [0.15, 0.2) is 5.82 Å². The van der Waals surface area contributed by atoms with Crippen molar-refractivity contribution in [2.45, 2.75) is 6.54 Å². The molecule has 0 saturated carbocycles. The van der Waals surface area contributed by atoms with E-state index in [4.69, 9.17) is 11.5 Å². The first-order valence-electron chi connectivity index (χ1n) is 4.39. The minimum absolute atomic E-state index is 0.329. The van der Waals surface area contributed by atoms with Gasteiger partial charge in [0.25, 0.3) is 0 Å². The van der Waals surface area contributed by atoms with Gasteiger partial charge in [-0.15, -0.1) is 0 Å². The molecule has 2 aromatic rings. The highest BCUT2D eigenvalue weighted by Crippen LogP contribution is 2.13. The van der Waals surface area contributed by atoms with Gasteiger partial charge < -0.3 is 11.5 Å². The molecule has 0 atom stereocenters. The zero-order chi connectivity index (χ0) is 10.7. The van der Waals surface area contributed by atoms with Crippen LogP contribution in [-0.2, 0) is 6.54 Å². The number of nitrogen functional groups attached to an aromatic ring is 1. The van der Waals surface area contributed by atoms with Gasteiger partial charge in [-0.1, -0.05) is 0 Å². The van der Waals surface area contributed by atoms with Crippen LogP contribution in [0.3, 0.4) is 0 Å². The highest BCUT2D eigenvalue weighted by molar-refractivity contribution is 5.52. The Morgan fingerprint density at radius 1 is 1.27 bits per heavy atom. The molecule has 2 heterocycles. The van der Waals surface area contributed by atoms with Crippen LogP contribution < -0.4 is 11.5 Å². The van der Waals surface area contributed by atoms with E-state index in [1.54, 1.807) is 18.5 Å². The fourth-order valence-electron chi connectivity index (χ4n) is 1.12. The third-order valence-corrected chi connectivity index (χ3v) is 1.93. The first-order valence-corrected chi connectivity index (χ1v) is 4.39. The summed E-state index contributed by atoms with van der Waals surface area (Å²) in [6.45, 7) is 0.329. The summed E-state index contributed by atoms with van der Waals surface area (Å²) in [5, 5.41) is 0. The first-order chi connectivity index (χ1) is 7.31. The Hall–Kier alpha value is -2.08. The lowest BCUT2D eigenvalue weighted by atomic mass is 10.3. The molecule has 0 saturated heterocycles. The van der Waals surface area contributed by atoms with Crippen molar-refractivity contribution in [3.8, 4) is 11.5 Å². The van der Waals surface area contributed by atoms with E-state index >= 15 is 0 Å². The van der Waals surface area contributed by atoms with Crippen LogP contribution >= 0.6 is 0 Å². The monoisotopic (exact) mass is 202 g/mol. The summed E-state index contributed by atoms with van der Waals surface area (Å²) in [5.41, 5.74) is 12.5. The lowest BCUT2D eigenvalue weighted by molar-refractivity contribution is 1.01. The van der Waals surface area contributed by atoms with Gasteiger partial charge in [0.2, 0.25) is 0 Å². The van der Waals surface area contributed by atoms with Crippen molar-refractivity contribution in [1.82, 2.24) is 19.9 Å². The molecule has 6 nitrogen and oxygen atoms in total. The molecule has 0 aromatic carbocycles. The molecule has 0 spiro atoms. The summed E-state index contributed by atoms with van der Waals surface area (Å²) in [4.78, 5) is 16.1. The summed E-state index contributed by atoms with van der Waals surface area (Å²) in [6.07, 6.45) is 4.67. The van der Waals surface area contributed by atoms with Crippen LogP contribution in [-0.4, -0.2) is 19.9 Å². The van der Waals surface area contributed by atoms with Crippen molar-refractivity contribution in [2.24, 2.45) is 5.73 Å². The Labute approximate surface area is 86.4 Å². The summed E-state index contributed by atoms with van der Waals surface area (Å²) >= 11 is 0. The summed E-state index contributed by atoms with van der Waals surface area (Å²) in [6, 6.07) is 1.72. The molecule has 2 rings (SSSR count). The maximum atomic E-state index is 5.69. The summed E-state index contributed by atoms with van der Waals surface area (Å²) < 4.78 is 0. The van der Waals surface area contributed by atoms with Gasteiger partial charge in [0.05, 0.1) is 0 Å². The number of aromatic nitrogens is 4. The van der Waals surface area contributed by atoms with E-state index in [-0.39, 0.29) is 0 Å². The van der Waals surface area contributed by atoms with Crippen LogP contribution in [0.4, 0.5) is 5.82 Å². The van der Waals surface area contributed by atoms with Gasteiger partial charge in [-0.2, -0.15) is 0 Å². The summed E-state index contributed by atoms with van der Waals surface area (Å²) in [5.74, 6) is 0.869. The van der Waals surface area contributed by atoms with Gasteiger partial charge in [-0.05, 0) is 6.07 Å². The SMILES string of the molecule is NCc1cnc(-c2ccncn2)nc1N. The normalized spacial score (nSPS) is 10.2. The second-order valence-electron chi connectivity index (χ2n) is 2.90. The van der Waals surface area contributed by atoms with Gasteiger partial charge in [0.1, 0.15) is 17.8 Å². The Bertz CT molecular complexity index is 455. The molecule has 6 heteroatoms. The number of rotatable bonds is 2. The second-order valence-corrected chi connectivity index (χ2v) is 2.90. The van der Waals surface area contributed by atoms with Crippen molar-refractivity contribution in [3.63, 3.8) is 0 Å². The molecule has 0 unspecified atom stereocenters. The highest BCUT2D eigenvalue weighted by Gasteiger charge is 2.05. The third kappa shape index (κ3) is 1.89. The average molecular weight is 202 g/mol. The Kier molecular flexibility index (Phi) is 2.51. The van der Waals surface area contributed by atoms with Gasteiger partial charge in [-0.25, -0.2) is 19.9 Å². The Balaban J connectivity index is 2.43. The number of nitrogens with two attached hydrogens (primary N) is 2. The van der Waals surface area contributed by atoms with E-state index in [9.17, 15) is 0 Å². The molecule has 0 amide bonds. The quantitative estimate of drug-likeness (QED) is 0.709. The lowest BCUT2D eigenvalue weighted by Crippen LogP contribution is -2.06. The number of hydrogen-bond donors (Lipinski definition) is 2. The topological polar surface area (TPSA) is 104 Å². The van der Waals surface area contributed by atoms with Crippen molar-refractivity contribution in [3.05, 3.63) is 30.4 Å². The van der Waals surface area contributed by atoms with E-state index < -0.39 is 0 Å². The van der Waals surface area contributed by atoms with Crippen LogP contribution in [0.15, 0.2) is 24.8 Å². The van der Waals surface area contributed by atoms with Gasteiger partial charge in [0, 0.05) is 24.5 Å². The Morgan fingerprint density at radius 3 is 2.73 bits per heavy atom. The second kappa shape index (κ2) is 3.97. The third-order valence-electron chi connectivity index (χ3n) is 1.93. The molecule has 0 aliphatic heterocycles. The fraction of sp³-hybridized carbons (Fsp3) is 0.111. The van der Waals surface area contributed by atoms with Crippen LogP contribution in [0, 0.1) is 0 Å². The van der Waals surface area contributed by atoms with E-state index in [1.165, 1.54) is 6.33 Å². The highest BCUT2D eigenvalue weighted by atomic mass is 15.0. The average Bonchev–Trinajstić information content (AvgIpc) is 2.30. The molecule has 0 aliphatic carbocycles. The van der Waals surface area contributed by atoms with Crippen LogP contribution in [0.2, 0.25) is 0 Å². The molecule has 2 aromatic heterocycles. The molecular weight excluding hydrogens is 192 g/mol. The van der Waals surface area contributed by atoms with Crippen molar-refractivity contribution in [1.29, 1.82) is 0 Å². The zero-order valence-corrected chi connectivity index (χ0v) is 7.96. The van der Waals surface area contributed by atoms with Crippen LogP contribution in [0.1, 0.15) is 5.56 Å². The Morgan fingerprint density at radius 2 is 2.13 bits per heavy atom. The van der Waals surface area contributed by atoms with E-state index in [0.29, 0.717) is 23.9 Å². The molecule has 0 aliphatic rings. The number of nitrogens with zero attached hydrogens (tertiary/aromatic N) is 4. The minimum atomic E-state index is 0.329. The standard InChI is InChI=1S/C9H10N6/c10-3-6-4-13-9(15-8(6)11)7-1-2-12-5-14-7/h1-2,4-5H,3,10H2,(H2,11,13,15). The zero-order valence-electron chi connectivity index (χ0n) is 7.96. The first kappa shape index (κ1) is 9.47. The maximum Gasteiger partial charge on any atom is 0.180 e. The smallest absolute Gasteiger partial charge is 0.180 e. The van der Waals surface area contributed by atoms with Gasteiger partial charge in [-0.3, -0.25) is 0 Å². The number of hydrogen-bond acceptors (Lipinski definition) is 6. The van der Waals surface area contributed by atoms with E-state index in [1.807, 2.05) is 0 Å². The number of anilines is 1. The molecule has 0 bridgehead atoms. The summed E-state index contributed by atoms with van der Waals surface area (Å²) in [7, 11) is 0. The van der Waals surface area contributed by atoms with Gasteiger partial charge >= 0.3 is 0 Å². The molecule has 0 fully saturated rings. The predicted octanol–water partition coefficient (Wildman–Crippen LogP) is -0.0255. The van der Waals surface area contributed by atoms with Crippen LogP contribution in [0.25, 0.3) is 11.5 Å². The molecular formula is C9H10N6. The largest absolute Gasteiger partial charge is 0.383 e. The molecule has 76 valence electrons. The molecule has 0 radical (unpaired) electrons. The van der Waals surface area contributed by atoms with Crippen molar-refractivity contribution < 1.29 is 0 Å². The molecule has 15 heavy (non-hydrogen) atoms.